The van der Waals surface area contributed by atoms with Crippen molar-refractivity contribution in [3.05, 3.63) is 41.5 Å². The zero-order chi connectivity index (χ0) is 16.1. The number of benzene rings is 2. The average molecular weight is 302 g/mol. The van der Waals surface area contributed by atoms with Gasteiger partial charge in [-0.25, -0.2) is 9.59 Å². The van der Waals surface area contributed by atoms with E-state index in [1.54, 1.807) is 30.3 Å². The van der Waals surface area contributed by atoms with E-state index in [4.69, 9.17) is 4.74 Å². The highest BCUT2D eigenvalue weighted by Gasteiger charge is 2.24. The lowest BCUT2D eigenvalue weighted by Gasteiger charge is -2.14. The Labute approximate surface area is 128 Å². The maximum atomic E-state index is 11.5. The fourth-order valence-corrected chi connectivity index (χ4v) is 2.40. The Hall–Kier alpha value is -2.56. The summed E-state index contributed by atoms with van der Waals surface area (Å²) in [4.78, 5) is 23.1. The van der Waals surface area contributed by atoms with Crippen molar-refractivity contribution in [1.82, 2.24) is 0 Å². The standard InChI is InChI=1S/C17H18O5/c1-2-3-6-9-22-13-10-11-7-4-5-8-12(11)14(16(18)19)15(13)17(20)21/h4-5,7-8,10H,2-3,6,9H2,1H3,(H,18,19)(H,20,21). The van der Waals surface area contributed by atoms with Gasteiger partial charge in [-0.2, -0.15) is 0 Å². The number of ether oxygens (including phenoxy) is 1. The lowest BCUT2D eigenvalue weighted by molar-refractivity contribution is 0.0649. The van der Waals surface area contributed by atoms with Crippen molar-refractivity contribution in [3.8, 4) is 5.75 Å². The normalized spacial score (nSPS) is 10.6. The van der Waals surface area contributed by atoms with Crippen molar-refractivity contribution in [3.63, 3.8) is 0 Å². The summed E-state index contributed by atoms with van der Waals surface area (Å²) >= 11 is 0. The predicted octanol–water partition coefficient (Wildman–Crippen LogP) is 3.81. The van der Waals surface area contributed by atoms with Gasteiger partial charge in [0.05, 0.1) is 12.2 Å². The summed E-state index contributed by atoms with van der Waals surface area (Å²) in [5.74, 6) is -2.46. The molecule has 0 saturated carbocycles. The van der Waals surface area contributed by atoms with Crippen LogP contribution in [0.15, 0.2) is 30.3 Å². The van der Waals surface area contributed by atoms with Crippen molar-refractivity contribution in [2.75, 3.05) is 6.61 Å². The Morgan fingerprint density at radius 2 is 1.73 bits per heavy atom. The van der Waals surface area contributed by atoms with E-state index in [1.165, 1.54) is 0 Å². The number of carboxylic acids is 2. The number of rotatable bonds is 7. The second-order valence-corrected chi connectivity index (χ2v) is 5.01. The molecule has 22 heavy (non-hydrogen) atoms. The van der Waals surface area contributed by atoms with Crippen LogP contribution in [0.3, 0.4) is 0 Å². The molecule has 0 spiro atoms. The minimum Gasteiger partial charge on any atom is -0.493 e. The lowest BCUT2D eigenvalue weighted by atomic mass is 9.98. The molecule has 0 aromatic heterocycles. The van der Waals surface area contributed by atoms with Crippen LogP contribution in [0.1, 0.15) is 46.9 Å². The molecule has 0 aliphatic rings. The first kappa shape index (κ1) is 15.8. The lowest BCUT2D eigenvalue weighted by Crippen LogP contribution is -2.12. The quantitative estimate of drug-likeness (QED) is 0.760. The largest absolute Gasteiger partial charge is 0.493 e. The topological polar surface area (TPSA) is 83.8 Å². The number of fused-ring (bicyclic) bond motifs is 1. The molecule has 0 saturated heterocycles. The van der Waals surface area contributed by atoms with Crippen molar-refractivity contribution < 1.29 is 24.5 Å². The van der Waals surface area contributed by atoms with Gasteiger partial charge in [0, 0.05) is 0 Å². The fourth-order valence-electron chi connectivity index (χ4n) is 2.40. The van der Waals surface area contributed by atoms with Crippen LogP contribution in [0.25, 0.3) is 10.8 Å². The van der Waals surface area contributed by atoms with Crippen LogP contribution in [0.2, 0.25) is 0 Å². The number of aromatic carboxylic acids is 2. The molecule has 0 bridgehead atoms. The molecule has 2 rings (SSSR count). The predicted molar refractivity (Wildman–Crippen MR) is 82.9 cm³/mol. The smallest absolute Gasteiger partial charge is 0.340 e. The van der Waals surface area contributed by atoms with Gasteiger partial charge in [-0.1, -0.05) is 44.0 Å². The highest BCUT2D eigenvalue weighted by molar-refractivity contribution is 6.13. The number of carboxylic acid groups (broad SMARTS) is 2. The molecule has 0 amide bonds. The summed E-state index contributed by atoms with van der Waals surface area (Å²) in [6.07, 6.45) is 2.79. The molecular weight excluding hydrogens is 284 g/mol. The number of hydrogen-bond donors (Lipinski definition) is 2. The first-order chi connectivity index (χ1) is 10.6. The monoisotopic (exact) mass is 302 g/mol. The second kappa shape index (κ2) is 6.93. The number of unbranched alkanes of at least 4 members (excludes halogenated alkanes) is 2. The highest BCUT2D eigenvalue weighted by atomic mass is 16.5. The third-order valence-electron chi connectivity index (χ3n) is 3.45. The van der Waals surface area contributed by atoms with Gasteiger partial charge in [0.25, 0.3) is 0 Å². The maximum Gasteiger partial charge on any atom is 0.340 e. The van der Waals surface area contributed by atoms with Crippen molar-refractivity contribution in [2.24, 2.45) is 0 Å². The van der Waals surface area contributed by atoms with Gasteiger partial charge in [0.15, 0.2) is 0 Å². The summed E-state index contributed by atoms with van der Waals surface area (Å²) in [5, 5.41) is 19.9. The Morgan fingerprint density at radius 1 is 1.05 bits per heavy atom. The van der Waals surface area contributed by atoms with Crippen LogP contribution in [-0.4, -0.2) is 28.8 Å². The van der Waals surface area contributed by atoms with Gasteiger partial charge >= 0.3 is 11.9 Å². The third kappa shape index (κ3) is 3.19. The van der Waals surface area contributed by atoms with Gasteiger partial charge in [-0.3, -0.25) is 0 Å². The van der Waals surface area contributed by atoms with E-state index in [1.807, 2.05) is 0 Å². The van der Waals surface area contributed by atoms with Gasteiger partial charge in [0.2, 0.25) is 0 Å². The van der Waals surface area contributed by atoms with E-state index < -0.39 is 11.9 Å². The third-order valence-corrected chi connectivity index (χ3v) is 3.45. The first-order valence-corrected chi connectivity index (χ1v) is 7.21. The minimum absolute atomic E-state index is 0.111. The Balaban J connectivity index is 2.56. The molecule has 2 N–H and O–H groups in total. The number of carbonyl (C=O) groups is 2. The van der Waals surface area contributed by atoms with Crippen LogP contribution >= 0.6 is 0 Å². The maximum absolute atomic E-state index is 11.5. The molecular formula is C17H18O5. The average Bonchev–Trinajstić information content (AvgIpc) is 2.49. The Morgan fingerprint density at radius 3 is 2.36 bits per heavy atom. The van der Waals surface area contributed by atoms with Crippen LogP contribution in [0.5, 0.6) is 5.75 Å². The van der Waals surface area contributed by atoms with Crippen LogP contribution in [-0.2, 0) is 0 Å². The van der Waals surface area contributed by atoms with Crippen molar-refractivity contribution in [1.29, 1.82) is 0 Å². The summed E-state index contributed by atoms with van der Waals surface area (Å²) in [7, 11) is 0. The Kier molecular flexibility index (Phi) is 4.99. The molecule has 0 atom stereocenters. The molecule has 0 unspecified atom stereocenters. The molecule has 0 fully saturated rings. The first-order valence-electron chi connectivity index (χ1n) is 7.21. The molecule has 116 valence electrons. The van der Waals surface area contributed by atoms with E-state index in [0.29, 0.717) is 17.4 Å². The molecule has 0 aliphatic carbocycles. The summed E-state index contributed by atoms with van der Waals surface area (Å²) in [6, 6.07) is 8.40. The van der Waals surface area contributed by atoms with E-state index >= 15 is 0 Å². The summed E-state index contributed by atoms with van der Waals surface area (Å²) in [5.41, 5.74) is -0.515. The second-order valence-electron chi connectivity index (χ2n) is 5.01. The van der Waals surface area contributed by atoms with Crippen LogP contribution in [0.4, 0.5) is 0 Å². The molecule has 0 radical (unpaired) electrons. The van der Waals surface area contributed by atoms with E-state index in [2.05, 4.69) is 6.92 Å². The molecule has 5 heteroatoms. The van der Waals surface area contributed by atoms with Gasteiger partial charge in [-0.15, -0.1) is 0 Å². The van der Waals surface area contributed by atoms with E-state index in [-0.39, 0.29) is 16.9 Å². The fraction of sp³-hybridized carbons (Fsp3) is 0.294. The van der Waals surface area contributed by atoms with Crippen LogP contribution < -0.4 is 4.74 Å². The molecule has 0 heterocycles. The summed E-state index contributed by atoms with van der Waals surface area (Å²) < 4.78 is 5.56. The zero-order valence-corrected chi connectivity index (χ0v) is 12.3. The van der Waals surface area contributed by atoms with E-state index in [0.717, 1.165) is 19.3 Å². The zero-order valence-electron chi connectivity index (χ0n) is 12.3. The Bertz CT molecular complexity index is 706. The highest BCUT2D eigenvalue weighted by Crippen LogP contribution is 2.31. The summed E-state index contributed by atoms with van der Waals surface area (Å²) in [6.45, 7) is 2.42. The van der Waals surface area contributed by atoms with Gasteiger partial charge in [0.1, 0.15) is 11.3 Å². The number of hydrogen-bond acceptors (Lipinski definition) is 3. The molecule has 2 aromatic carbocycles. The minimum atomic E-state index is -1.30. The van der Waals surface area contributed by atoms with Crippen LogP contribution in [0, 0.1) is 0 Å². The van der Waals surface area contributed by atoms with E-state index in [9.17, 15) is 19.8 Å². The molecule has 5 nitrogen and oxygen atoms in total. The van der Waals surface area contributed by atoms with Crippen molar-refractivity contribution in [2.45, 2.75) is 26.2 Å². The SMILES string of the molecule is CCCCCOc1cc2ccccc2c(C(=O)O)c1C(=O)O. The molecule has 2 aromatic rings. The van der Waals surface area contributed by atoms with Crippen molar-refractivity contribution >= 4 is 22.7 Å². The van der Waals surface area contributed by atoms with Gasteiger partial charge < -0.3 is 14.9 Å². The van der Waals surface area contributed by atoms with Gasteiger partial charge in [-0.05, 0) is 23.3 Å². The molecule has 0 aliphatic heterocycles.